The molecule has 0 heterocycles. The highest BCUT2D eigenvalue weighted by molar-refractivity contribution is 6.03. The summed E-state index contributed by atoms with van der Waals surface area (Å²) in [6.07, 6.45) is 0. The van der Waals surface area contributed by atoms with Crippen molar-refractivity contribution in [2.75, 3.05) is 10.0 Å². The van der Waals surface area contributed by atoms with Crippen LogP contribution in [-0.2, 0) is 0 Å². The zero-order valence-corrected chi connectivity index (χ0v) is 20.6. The molecule has 0 aliphatic rings. The summed E-state index contributed by atoms with van der Waals surface area (Å²) in [6, 6.07) is 47.9. The van der Waals surface area contributed by atoms with Gasteiger partial charge in [-0.3, -0.25) is 0 Å². The molecule has 0 saturated heterocycles. The van der Waals surface area contributed by atoms with E-state index in [-0.39, 0.29) is 0 Å². The number of anilines is 4. The largest absolute Gasteiger partial charge is 0.249 e. The van der Waals surface area contributed by atoms with E-state index in [1.54, 1.807) is 0 Å². The maximum absolute atomic E-state index is 2.38. The molecule has 0 aliphatic carbocycles. The van der Waals surface area contributed by atoms with Gasteiger partial charge in [-0.25, -0.2) is 10.0 Å². The van der Waals surface area contributed by atoms with Crippen LogP contribution in [0.2, 0.25) is 0 Å². The van der Waals surface area contributed by atoms with Crippen molar-refractivity contribution in [2.24, 2.45) is 0 Å². The molecule has 0 saturated carbocycles. The lowest BCUT2D eigenvalue weighted by atomic mass is 10.1. The van der Waals surface area contributed by atoms with Crippen LogP contribution in [0.1, 0.15) is 11.1 Å². The van der Waals surface area contributed by atoms with Gasteiger partial charge >= 0.3 is 0 Å². The molecule has 36 heavy (non-hydrogen) atoms. The molecule has 0 aromatic heterocycles. The van der Waals surface area contributed by atoms with E-state index in [0.29, 0.717) is 0 Å². The third-order valence-corrected chi connectivity index (χ3v) is 6.75. The van der Waals surface area contributed by atoms with Crippen molar-refractivity contribution in [3.8, 4) is 0 Å². The van der Waals surface area contributed by atoms with Crippen LogP contribution in [0.3, 0.4) is 0 Å². The van der Waals surface area contributed by atoms with Crippen molar-refractivity contribution >= 4 is 44.3 Å². The molecule has 2 heteroatoms. The first-order valence-electron chi connectivity index (χ1n) is 12.4. The molecule has 6 aromatic rings. The van der Waals surface area contributed by atoms with E-state index < -0.39 is 0 Å². The second kappa shape index (κ2) is 9.24. The van der Waals surface area contributed by atoms with Gasteiger partial charge in [-0.2, -0.15) is 0 Å². The highest BCUT2D eigenvalue weighted by atomic mass is 15.6. The van der Waals surface area contributed by atoms with E-state index in [4.69, 9.17) is 0 Å². The summed E-state index contributed by atoms with van der Waals surface area (Å²) < 4.78 is 0. The maximum atomic E-state index is 2.38. The number of aryl methyl sites for hydroxylation is 2. The van der Waals surface area contributed by atoms with E-state index in [2.05, 4.69) is 157 Å². The van der Waals surface area contributed by atoms with Crippen LogP contribution in [0.25, 0.3) is 21.5 Å². The van der Waals surface area contributed by atoms with Crippen LogP contribution in [0.15, 0.2) is 133 Å². The van der Waals surface area contributed by atoms with Crippen molar-refractivity contribution in [1.82, 2.24) is 0 Å². The third-order valence-electron chi connectivity index (χ3n) is 6.75. The molecule has 2 nitrogen and oxygen atoms in total. The summed E-state index contributed by atoms with van der Waals surface area (Å²) in [5.41, 5.74) is 6.95. The first-order chi connectivity index (χ1) is 17.7. The molecule has 0 aliphatic heterocycles. The molecule has 0 radical (unpaired) electrons. The molecule has 6 rings (SSSR count). The van der Waals surface area contributed by atoms with E-state index in [9.17, 15) is 0 Å². The molecule has 6 aromatic carbocycles. The Morgan fingerprint density at radius 1 is 0.361 bits per heavy atom. The summed E-state index contributed by atoms with van der Waals surface area (Å²) in [5, 5.41) is 9.55. The van der Waals surface area contributed by atoms with Gasteiger partial charge in [0.25, 0.3) is 0 Å². The fourth-order valence-electron chi connectivity index (χ4n) is 4.88. The van der Waals surface area contributed by atoms with E-state index in [0.717, 1.165) is 22.7 Å². The molecular formula is C34H28N2. The molecule has 0 amide bonds. The highest BCUT2D eigenvalue weighted by Crippen LogP contribution is 2.42. The van der Waals surface area contributed by atoms with E-state index >= 15 is 0 Å². The van der Waals surface area contributed by atoms with Crippen LogP contribution >= 0.6 is 0 Å². The topological polar surface area (TPSA) is 6.48 Å². The minimum Gasteiger partial charge on any atom is -0.249 e. The van der Waals surface area contributed by atoms with Crippen molar-refractivity contribution in [2.45, 2.75) is 13.8 Å². The molecule has 0 fully saturated rings. The Kier molecular flexibility index (Phi) is 5.63. The minimum atomic E-state index is 1.10. The molecule has 174 valence electrons. The lowest BCUT2D eigenvalue weighted by molar-refractivity contribution is 0.999. The normalized spacial score (nSPS) is 11.1. The predicted octanol–water partition coefficient (Wildman–Crippen LogP) is 9.50. The Bertz CT molecular complexity index is 1510. The van der Waals surface area contributed by atoms with Crippen LogP contribution < -0.4 is 10.0 Å². The summed E-state index contributed by atoms with van der Waals surface area (Å²) in [4.78, 5) is 0. The van der Waals surface area contributed by atoms with Crippen LogP contribution in [0.4, 0.5) is 22.7 Å². The highest BCUT2D eigenvalue weighted by Gasteiger charge is 2.24. The third kappa shape index (κ3) is 3.97. The summed E-state index contributed by atoms with van der Waals surface area (Å²) in [5.74, 6) is 0. The Balaban J connectivity index is 1.70. The first kappa shape index (κ1) is 21.9. The first-order valence-corrected chi connectivity index (χ1v) is 12.4. The smallest absolute Gasteiger partial charge is 0.0715 e. The summed E-state index contributed by atoms with van der Waals surface area (Å²) in [6.45, 7) is 4.26. The number of hydrazine groups is 1. The standard InChI is InChI=1S/C34H28N2/c1-25-17-21-29(22-18-25)35(30-23-19-26(2)20-24-30)36(33-15-7-11-27-9-3-5-13-31(27)33)34-16-8-12-28-10-4-6-14-32(28)34/h3-24H,1-2H3. The van der Waals surface area contributed by atoms with Crippen LogP contribution in [0.5, 0.6) is 0 Å². The van der Waals surface area contributed by atoms with Crippen molar-refractivity contribution in [3.05, 3.63) is 145 Å². The quantitative estimate of drug-likeness (QED) is 0.234. The molecule has 0 atom stereocenters. The monoisotopic (exact) mass is 464 g/mol. The average molecular weight is 465 g/mol. The maximum Gasteiger partial charge on any atom is 0.0715 e. The number of nitrogens with zero attached hydrogens (tertiary/aromatic N) is 2. The molecule has 0 spiro atoms. The molecule has 0 bridgehead atoms. The average Bonchev–Trinajstić information content (AvgIpc) is 2.93. The fourth-order valence-corrected chi connectivity index (χ4v) is 4.88. The number of rotatable bonds is 5. The van der Waals surface area contributed by atoms with Gasteiger partial charge in [0.05, 0.1) is 22.7 Å². The Hall–Kier alpha value is -4.56. The number of hydrogen-bond acceptors (Lipinski definition) is 2. The Labute approximate surface area is 212 Å². The van der Waals surface area contributed by atoms with Crippen molar-refractivity contribution in [1.29, 1.82) is 0 Å². The predicted molar refractivity (Wildman–Crippen MR) is 155 cm³/mol. The molecular weight excluding hydrogens is 436 g/mol. The van der Waals surface area contributed by atoms with Gasteiger partial charge in [-0.05, 0) is 61.0 Å². The van der Waals surface area contributed by atoms with Gasteiger partial charge in [0, 0.05) is 10.8 Å². The number of benzene rings is 6. The fraction of sp³-hybridized carbons (Fsp3) is 0.0588. The Morgan fingerprint density at radius 3 is 1.19 bits per heavy atom. The van der Waals surface area contributed by atoms with E-state index in [1.807, 2.05) is 0 Å². The van der Waals surface area contributed by atoms with E-state index in [1.165, 1.54) is 32.7 Å². The second-order valence-corrected chi connectivity index (χ2v) is 9.29. The van der Waals surface area contributed by atoms with Gasteiger partial charge in [-0.1, -0.05) is 108 Å². The number of hydrogen-bond donors (Lipinski definition) is 0. The summed E-state index contributed by atoms with van der Waals surface area (Å²) >= 11 is 0. The zero-order valence-electron chi connectivity index (χ0n) is 20.6. The van der Waals surface area contributed by atoms with Crippen molar-refractivity contribution < 1.29 is 0 Å². The van der Waals surface area contributed by atoms with Gasteiger partial charge in [-0.15, -0.1) is 0 Å². The lowest BCUT2D eigenvalue weighted by Crippen LogP contribution is -2.36. The van der Waals surface area contributed by atoms with Gasteiger partial charge in [0.15, 0.2) is 0 Å². The molecule has 0 N–H and O–H groups in total. The number of fused-ring (bicyclic) bond motifs is 2. The summed E-state index contributed by atoms with van der Waals surface area (Å²) in [7, 11) is 0. The minimum absolute atomic E-state index is 1.10. The van der Waals surface area contributed by atoms with Gasteiger partial charge < -0.3 is 0 Å². The van der Waals surface area contributed by atoms with Crippen LogP contribution in [0, 0.1) is 13.8 Å². The van der Waals surface area contributed by atoms with Crippen molar-refractivity contribution in [3.63, 3.8) is 0 Å². The lowest BCUT2D eigenvalue weighted by Gasteiger charge is -2.39. The SMILES string of the molecule is Cc1ccc(N(c2ccc(C)cc2)N(c2cccc3ccccc23)c2cccc3ccccc23)cc1. The Morgan fingerprint density at radius 2 is 0.750 bits per heavy atom. The van der Waals surface area contributed by atoms with Gasteiger partial charge in [0.2, 0.25) is 0 Å². The zero-order chi connectivity index (χ0) is 24.5. The second-order valence-electron chi connectivity index (χ2n) is 9.29. The molecule has 0 unspecified atom stereocenters. The van der Waals surface area contributed by atoms with Crippen LogP contribution in [-0.4, -0.2) is 0 Å². The van der Waals surface area contributed by atoms with Gasteiger partial charge in [0.1, 0.15) is 0 Å².